The van der Waals surface area contributed by atoms with E-state index in [0.29, 0.717) is 95.5 Å². The molecule has 1 atom stereocenters. The van der Waals surface area contributed by atoms with Crippen molar-refractivity contribution in [2.75, 3.05) is 86.2 Å². The molecule has 0 aromatic heterocycles. The monoisotopic (exact) mass is 870 g/mol. The summed E-state index contributed by atoms with van der Waals surface area (Å²) in [6.45, 7) is 14.0. The predicted molar refractivity (Wildman–Crippen MR) is 228 cm³/mol. The van der Waals surface area contributed by atoms with E-state index in [4.69, 9.17) is 34.2 Å². The van der Waals surface area contributed by atoms with E-state index < -0.39 is 50.3 Å². The molecule has 0 amide bonds. The van der Waals surface area contributed by atoms with Gasteiger partial charge in [-0.25, -0.2) is 25.4 Å². The third kappa shape index (κ3) is 10.9. The van der Waals surface area contributed by atoms with Crippen molar-refractivity contribution in [3.8, 4) is 0 Å². The predicted octanol–water partition coefficient (Wildman–Crippen LogP) is 5.73. The molecule has 4 aromatic carbocycles. The Morgan fingerprint density at radius 1 is 0.569 bits per heavy atom. The minimum atomic E-state index is -4.34. The molecule has 1 unspecified atom stereocenters. The Labute approximate surface area is 347 Å². The molecule has 4 rings (SSSR count). The minimum Gasteiger partial charge on any atom is -0.593 e. The molecule has 0 saturated heterocycles. The van der Waals surface area contributed by atoms with E-state index in [9.17, 15) is 21.4 Å². The minimum absolute atomic E-state index is 0.0308. The number of nitrogen functional groups attached to an aromatic ring is 1. The van der Waals surface area contributed by atoms with Crippen LogP contribution in [-0.4, -0.2) is 134 Å². The molecule has 0 spiro atoms. The second-order valence-corrected chi connectivity index (χ2v) is 19.1. The van der Waals surface area contributed by atoms with Gasteiger partial charge in [-0.1, -0.05) is 18.2 Å². The molecule has 0 heterocycles. The van der Waals surface area contributed by atoms with Crippen LogP contribution in [0.5, 0.6) is 0 Å². The van der Waals surface area contributed by atoms with E-state index in [2.05, 4.69) is 0 Å². The fraction of sp³-hybridized carbons (Fsp3) is 0.600. The second kappa shape index (κ2) is 21.9. The highest BCUT2D eigenvalue weighted by atomic mass is 32.2. The van der Waals surface area contributed by atoms with Crippen molar-refractivity contribution in [3.63, 3.8) is 0 Å². The highest BCUT2D eigenvalue weighted by Crippen LogP contribution is 2.45. The summed E-state index contributed by atoms with van der Waals surface area (Å²) in [6, 6.07) is 9.67. The van der Waals surface area contributed by atoms with Gasteiger partial charge >= 0.3 is 0 Å². The van der Waals surface area contributed by atoms with Gasteiger partial charge in [0.15, 0.2) is 23.8 Å². The van der Waals surface area contributed by atoms with Gasteiger partial charge in [-0.2, -0.15) is 0 Å². The van der Waals surface area contributed by atoms with E-state index in [1.165, 1.54) is 28.8 Å². The van der Waals surface area contributed by atoms with Gasteiger partial charge in [0.25, 0.3) is 0 Å². The van der Waals surface area contributed by atoms with Gasteiger partial charge in [0.05, 0.1) is 21.2 Å². The van der Waals surface area contributed by atoms with Crippen molar-refractivity contribution < 1.29 is 49.8 Å². The molecule has 2 N–H and O–H groups in total. The number of benzene rings is 4. The van der Waals surface area contributed by atoms with E-state index in [-0.39, 0.29) is 35.7 Å². The van der Waals surface area contributed by atoms with Crippen LogP contribution in [0.25, 0.3) is 32.3 Å². The molecule has 0 aliphatic rings. The summed E-state index contributed by atoms with van der Waals surface area (Å²) in [7, 11) is -4.06. The molecular formula is C40H62N4O11S3. The highest BCUT2D eigenvalue weighted by molar-refractivity contribution is 7.90. The second-order valence-electron chi connectivity index (χ2n) is 13.5. The summed E-state index contributed by atoms with van der Waals surface area (Å²) in [6.07, 6.45) is -0.771. The molecule has 0 radical (unpaired) electrons. The maximum absolute atomic E-state index is 14.7. The van der Waals surface area contributed by atoms with Gasteiger partial charge in [0.1, 0.15) is 0 Å². The summed E-state index contributed by atoms with van der Waals surface area (Å²) < 4.78 is 111. The van der Waals surface area contributed by atoms with E-state index in [1.54, 1.807) is 41.7 Å². The zero-order valence-electron chi connectivity index (χ0n) is 35.3. The maximum Gasteiger partial charge on any atom is 0.243 e. The third-order valence-corrected chi connectivity index (χ3v) is 15.1. The van der Waals surface area contributed by atoms with Gasteiger partial charge in [-0.05, 0) is 53.7 Å². The normalized spacial score (nSPS) is 13.7. The number of hydrogen-bond donors (Lipinski definition) is 1. The lowest BCUT2D eigenvalue weighted by molar-refractivity contribution is -0.140. The molecule has 326 valence electrons. The van der Waals surface area contributed by atoms with Crippen LogP contribution in [0.15, 0.2) is 51.1 Å². The SMILES string of the molecule is CCOC(CCN(C)[S+]([O-])c1cc(N)c2ccc3c(S(=O)(=O)N(C)CCC(OCC)OCC)cc(S(=O)(=O)N(C)CCC(OCC)OCC)c4ccc1c2c34)OCC. The number of ether oxygens (including phenoxy) is 6. The Kier molecular flexibility index (Phi) is 18.2. The Morgan fingerprint density at radius 3 is 1.31 bits per heavy atom. The van der Waals surface area contributed by atoms with Crippen LogP contribution in [0.2, 0.25) is 0 Å². The summed E-state index contributed by atoms with van der Waals surface area (Å²) in [4.78, 5) is -0.00123. The summed E-state index contributed by atoms with van der Waals surface area (Å²) in [5, 5.41) is 2.59. The van der Waals surface area contributed by atoms with Crippen molar-refractivity contribution >= 4 is 69.4 Å². The Morgan fingerprint density at radius 2 is 0.914 bits per heavy atom. The largest absolute Gasteiger partial charge is 0.593 e. The lowest BCUT2D eigenvalue weighted by atomic mass is 9.93. The van der Waals surface area contributed by atoms with Crippen molar-refractivity contribution in [2.24, 2.45) is 0 Å². The topological polar surface area (TPSA) is 182 Å². The first-order valence-corrected chi connectivity index (χ1v) is 23.9. The van der Waals surface area contributed by atoms with Crippen molar-refractivity contribution in [1.29, 1.82) is 0 Å². The molecule has 0 aliphatic heterocycles. The summed E-state index contributed by atoms with van der Waals surface area (Å²) in [5.74, 6) is 0. The first kappa shape index (κ1) is 48.2. The number of anilines is 1. The summed E-state index contributed by atoms with van der Waals surface area (Å²) >= 11 is -1.73. The van der Waals surface area contributed by atoms with Crippen LogP contribution in [0.1, 0.15) is 60.8 Å². The zero-order chi connectivity index (χ0) is 42.8. The molecule has 0 bridgehead atoms. The average molecular weight is 871 g/mol. The zero-order valence-corrected chi connectivity index (χ0v) is 37.8. The van der Waals surface area contributed by atoms with Crippen LogP contribution < -0.4 is 5.73 Å². The lowest BCUT2D eigenvalue weighted by Gasteiger charge is -2.26. The van der Waals surface area contributed by atoms with Crippen molar-refractivity contribution in [2.45, 2.75) is 94.4 Å². The van der Waals surface area contributed by atoms with Gasteiger partial charge < -0.3 is 38.7 Å². The Balaban J connectivity index is 1.94. The van der Waals surface area contributed by atoms with Crippen LogP contribution in [0.3, 0.4) is 0 Å². The van der Waals surface area contributed by atoms with Crippen LogP contribution >= 0.6 is 0 Å². The number of nitrogens with zero attached hydrogens (tertiary/aromatic N) is 3. The quantitative estimate of drug-likeness (QED) is 0.0332. The van der Waals surface area contributed by atoms with Gasteiger partial charge in [-0.15, -0.1) is 4.31 Å². The first-order chi connectivity index (χ1) is 27.6. The molecule has 0 aliphatic carbocycles. The van der Waals surface area contributed by atoms with Crippen LogP contribution in [-0.2, 0) is 59.8 Å². The molecule has 15 nitrogen and oxygen atoms in total. The number of hydrogen-bond acceptors (Lipinski definition) is 13. The number of sulfonamides is 2. The molecule has 4 aromatic rings. The highest BCUT2D eigenvalue weighted by Gasteiger charge is 2.34. The molecule has 18 heteroatoms. The van der Waals surface area contributed by atoms with Gasteiger partial charge in [0, 0.05) is 144 Å². The number of nitrogens with two attached hydrogens (primary N) is 1. The lowest BCUT2D eigenvalue weighted by Crippen LogP contribution is -2.33. The Hall–Kier alpha value is -2.43. The van der Waals surface area contributed by atoms with Gasteiger partial charge in [-0.3, -0.25) is 0 Å². The fourth-order valence-electron chi connectivity index (χ4n) is 6.94. The smallest absolute Gasteiger partial charge is 0.243 e. The van der Waals surface area contributed by atoms with E-state index >= 15 is 0 Å². The number of rotatable bonds is 27. The van der Waals surface area contributed by atoms with Gasteiger partial charge in [0.2, 0.25) is 20.0 Å². The maximum atomic E-state index is 14.7. The Bertz CT molecular complexity index is 2050. The fourth-order valence-corrected chi connectivity index (χ4v) is 11.0. The molecular weight excluding hydrogens is 809 g/mol. The average Bonchev–Trinajstić information content (AvgIpc) is 3.19. The summed E-state index contributed by atoms with van der Waals surface area (Å²) in [5.41, 5.74) is 7.00. The molecule has 58 heavy (non-hydrogen) atoms. The molecule has 0 fully saturated rings. The standard InChI is InChI=1S/C40H62N4O11S3/c1-10-50-36(51-11-2)20-23-42(7)56(45)33-26-32(41)28-16-18-30-34(57(46,47)43(8)24-21-37(52-12-3)53-13-4)27-35(31-19-17-29(33)39(28)40(30)31)58(48,49)44(9)25-22-38(54-14-5)55-15-6/h16-19,26-27,36-38H,10-15,20-25,41H2,1-9H3. The van der Waals surface area contributed by atoms with E-state index in [0.717, 1.165) is 0 Å². The molecule has 0 saturated carbocycles. The van der Waals surface area contributed by atoms with Crippen LogP contribution in [0.4, 0.5) is 5.69 Å². The third-order valence-electron chi connectivity index (χ3n) is 9.82. The van der Waals surface area contributed by atoms with E-state index in [1.807, 2.05) is 41.5 Å². The van der Waals surface area contributed by atoms with Crippen LogP contribution in [0, 0.1) is 0 Å². The van der Waals surface area contributed by atoms with Crippen molar-refractivity contribution in [3.05, 3.63) is 36.4 Å². The first-order valence-electron chi connectivity index (χ1n) is 19.9. The van der Waals surface area contributed by atoms with Crippen molar-refractivity contribution in [1.82, 2.24) is 12.9 Å².